The second kappa shape index (κ2) is 6.78. The molecule has 0 saturated heterocycles. The number of aliphatic hydroxyl groups is 2. The van der Waals surface area contributed by atoms with Crippen LogP contribution in [0, 0.1) is 17.0 Å². The van der Waals surface area contributed by atoms with E-state index in [4.69, 9.17) is 0 Å². The van der Waals surface area contributed by atoms with E-state index in [0.29, 0.717) is 6.42 Å². The Morgan fingerprint density at radius 1 is 0.762 bits per heavy atom. The molecule has 0 aliphatic carbocycles. The predicted octanol–water partition coefficient (Wildman–Crippen LogP) is 2.72. The monoisotopic (exact) mass is 292 g/mol. The summed E-state index contributed by atoms with van der Waals surface area (Å²) in [6.07, 6.45) is 0.280. The van der Waals surface area contributed by atoms with Crippen molar-refractivity contribution in [2.45, 2.75) is 12.8 Å². The van der Waals surface area contributed by atoms with Gasteiger partial charge < -0.3 is 10.2 Å². The van der Waals surface area contributed by atoms with Crippen molar-refractivity contribution in [3.63, 3.8) is 0 Å². The van der Waals surface area contributed by atoms with E-state index in [2.05, 4.69) is 0 Å². The van der Waals surface area contributed by atoms with Gasteiger partial charge in [-0.25, -0.2) is 8.78 Å². The lowest BCUT2D eigenvalue weighted by atomic mass is 9.77. The maximum Gasteiger partial charge on any atom is 0.129 e. The van der Waals surface area contributed by atoms with Gasteiger partial charge in [0.15, 0.2) is 0 Å². The van der Waals surface area contributed by atoms with Crippen LogP contribution < -0.4 is 0 Å². The van der Waals surface area contributed by atoms with Crippen molar-refractivity contribution in [1.29, 1.82) is 0 Å². The Kier molecular flexibility index (Phi) is 5.04. The van der Waals surface area contributed by atoms with E-state index in [0.717, 1.165) is 5.56 Å². The van der Waals surface area contributed by atoms with E-state index < -0.39 is 17.0 Å². The first-order valence-electron chi connectivity index (χ1n) is 6.79. The van der Waals surface area contributed by atoms with Gasteiger partial charge in [0.1, 0.15) is 11.6 Å². The molecule has 4 heteroatoms. The fraction of sp³-hybridized carbons (Fsp3) is 0.294. The summed E-state index contributed by atoms with van der Waals surface area (Å²) < 4.78 is 27.6. The number of halogens is 2. The van der Waals surface area contributed by atoms with Crippen LogP contribution in [0.5, 0.6) is 0 Å². The van der Waals surface area contributed by atoms with Crippen molar-refractivity contribution >= 4 is 0 Å². The number of benzene rings is 2. The summed E-state index contributed by atoms with van der Waals surface area (Å²) in [4.78, 5) is 0. The SMILES string of the molecule is OCC(CO)(Cc1ccccc1)Cc1c(F)cccc1F. The zero-order valence-electron chi connectivity index (χ0n) is 11.6. The molecule has 2 rings (SSSR count). The molecule has 0 heterocycles. The lowest BCUT2D eigenvalue weighted by Crippen LogP contribution is -2.35. The molecule has 0 saturated carbocycles. The van der Waals surface area contributed by atoms with E-state index in [1.165, 1.54) is 18.2 Å². The Hall–Kier alpha value is -1.78. The number of hydrogen-bond acceptors (Lipinski definition) is 2. The van der Waals surface area contributed by atoms with Crippen LogP contribution in [0.1, 0.15) is 11.1 Å². The molecule has 21 heavy (non-hydrogen) atoms. The first-order chi connectivity index (χ1) is 10.1. The quantitative estimate of drug-likeness (QED) is 0.859. The van der Waals surface area contributed by atoms with E-state index in [-0.39, 0.29) is 25.2 Å². The first-order valence-corrected chi connectivity index (χ1v) is 6.79. The summed E-state index contributed by atoms with van der Waals surface area (Å²) in [5, 5.41) is 19.4. The molecule has 0 aliphatic heterocycles. The minimum Gasteiger partial charge on any atom is -0.396 e. The van der Waals surface area contributed by atoms with Crippen LogP contribution in [-0.4, -0.2) is 23.4 Å². The topological polar surface area (TPSA) is 40.5 Å². The smallest absolute Gasteiger partial charge is 0.129 e. The Labute approximate surface area is 122 Å². The number of hydrogen-bond donors (Lipinski definition) is 2. The first kappa shape index (κ1) is 15.6. The fourth-order valence-corrected chi connectivity index (χ4v) is 2.44. The van der Waals surface area contributed by atoms with Crippen molar-refractivity contribution in [3.05, 3.63) is 71.3 Å². The minimum atomic E-state index is -0.996. The number of rotatable bonds is 6. The van der Waals surface area contributed by atoms with Crippen molar-refractivity contribution < 1.29 is 19.0 Å². The standard InChI is InChI=1S/C17H18F2O2/c18-15-7-4-8-16(19)14(15)10-17(11-20,12-21)9-13-5-2-1-3-6-13/h1-8,20-21H,9-12H2. The summed E-state index contributed by atoms with van der Waals surface area (Å²) in [5.74, 6) is -1.32. The van der Waals surface area contributed by atoms with Crippen molar-refractivity contribution in [1.82, 2.24) is 0 Å². The van der Waals surface area contributed by atoms with Crippen LogP contribution in [0.3, 0.4) is 0 Å². The van der Waals surface area contributed by atoms with E-state index in [1.807, 2.05) is 30.3 Å². The number of aliphatic hydroxyl groups excluding tert-OH is 2. The lowest BCUT2D eigenvalue weighted by molar-refractivity contribution is 0.0534. The molecular weight excluding hydrogens is 274 g/mol. The molecule has 0 unspecified atom stereocenters. The molecule has 2 nitrogen and oxygen atoms in total. The maximum absolute atomic E-state index is 13.8. The molecule has 0 atom stereocenters. The molecule has 0 aromatic heterocycles. The molecule has 0 radical (unpaired) electrons. The van der Waals surface area contributed by atoms with Gasteiger partial charge in [-0.05, 0) is 30.5 Å². The van der Waals surface area contributed by atoms with Gasteiger partial charge >= 0.3 is 0 Å². The van der Waals surface area contributed by atoms with E-state index in [9.17, 15) is 19.0 Å². The van der Waals surface area contributed by atoms with Crippen LogP contribution >= 0.6 is 0 Å². The Bertz CT molecular complexity index is 560. The van der Waals surface area contributed by atoms with Crippen molar-refractivity contribution in [3.8, 4) is 0 Å². The predicted molar refractivity (Wildman–Crippen MR) is 76.8 cm³/mol. The van der Waals surface area contributed by atoms with Crippen LogP contribution in [0.15, 0.2) is 48.5 Å². The van der Waals surface area contributed by atoms with Gasteiger partial charge in [-0.15, -0.1) is 0 Å². The molecule has 0 amide bonds. The Balaban J connectivity index is 2.30. The van der Waals surface area contributed by atoms with Crippen LogP contribution in [0.2, 0.25) is 0 Å². The third-order valence-corrected chi connectivity index (χ3v) is 3.71. The fourth-order valence-electron chi connectivity index (χ4n) is 2.44. The molecule has 2 N–H and O–H groups in total. The highest BCUT2D eigenvalue weighted by Gasteiger charge is 2.31. The lowest BCUT2D eigenvalue weighted by Gasteiger charge is -2.30. The van der Waals surface area contributed by atoms with Gasteiger partial charge in [0.25, 0.3) is 0 Å². The molecule has 2 aromatic rings. The average Bonchev–Trinajstić information content (AvgIpc) is 2.51. The van der Waals surface area contributed by atoms with Crippen LogP contribution in [0.4, 0.5) is 8.78 Å². The second-order valence-corrected chi connectivity index (χ2v) is 5.36. The zero-order valence-corrected chi connectivity index (χ0v) is 11.6. The highest BCUT2D eigenvalue weighted by Crippen LogP contribution is 2.29. The summed E-state index contributed by atoms with van der Waals surface area (Å²) >= 11 is 0. The molecule has 0 bridgehead atoms. The van der Waals surface area contributed by atoms with Gasteiger partial charge in [-0.1, -0.05) is 36.4 Å². The normalized spacial score (nSPS) is 11.6. The third-order valence-electron chi connectivity index (χ3n) is 3.71. The van der Waals surface area contributed by atoms with E-state index in [1.54, 1.807) is 0 Å². The third kappa shape index (κ3) is 3.65. The molecule has 0 spiro atoms. The highest BCUT2D eigenvalue weighted by atomic mass is 19.1. The molecule has 112 valence electrons. The van der Waals surface area contributed by atoms with Gasteiger partial charge in [-0.3, -0.25) is 0 Å². The van der Waals surface area contributed by atoms with Gasteiger partial charge in [0.05, 0.1) is 13.2 Å². The van der Waals surface area contributed by atoms with E-state index >= 15 is 0 Å². The minimum absolute atomic E-state index is 0.0621. The van der Waals surface area contributed by atoms with Crippen molar-refractivity contribution in [2.24, 2.45) is 5.41 Å². The Morgan fingerprint density at radius 3 is 1.86 bits per heavy atom. The second-order valence-electron chi connectivity index (χ2n) is 5.36. The summed E-state index contributed by atoms with van der Waals surface area (Å²) in [6.45, 7) is -0.710. The maximum atomic E-state index is 13.8. The van der Waals surface area contributed by atoms with Crippen LogP contribution in [-0.2, 0) is 12.8 Å². The molecular formula is C17H18F2O2. The zero-order chi connectivity index (χ0) is 15.3. The highest BCUT2D eigenvalue weighted by molar-refractivity contribution is 5.23. The van der Waals surface area contributed by atoms with Crippen molar-refractivity contribution in [2.75, 3.05) is 13.2 Å². The Morgan fingerprint density at radius 2 is 1.33 bits per heavy atom. The largest absolute Gasteiger partial charge is 0.396 e. The molecule has 2 aromatic carbocycles. The molecule has 0 fully saturated rings. The summed E-state index contributed by atoms with van der Waals surface area (Å²) in [6, 6.07) is 12.9. The van der Waals surface area contributed by atoms with Crippen LogP contribution in [0.25, 0.3) is 0 Å². The van der Waals surface area contributed by atoms with Gasteiger partial charge in [0.2, 0.25) is 0 Å². The summed E-state index contributed by atoms with van der Waals surface area (Å²) in [7, 11) is 0. The van der Waals surface area contributed by atoms with Gasteiger partial charge in [-0.2, -0.15) is 0 Å². The summed E-state index contributed by atoms with van der Waals surface area (Å²) in [5.41, 5.74) is -0.196. The van der Waals surface area contributed by atoms with Gasteiger partial charge in [0, 0.05) is 11.0 Å². The molecule has 0 aliphatic rings. The average molecular weight is 292 g/mol.